The Labute approximate surface area is 75.5 Å². The van der Waals surface area contributed by atoms with Gasteiger partial charge < -0.3 is 10.5 Å². The summed E-state index contributed by atoms with van der Waals surface area (Å²) in [4.78, 5) is 14.9. The minimum atomic E-state index is -0.559. The molecule has 13 heavy (non-hydrogen) atoms. The molecule has 0 aliphatic rings. The molecule has 0 spiro atoms. The molecule has 0 saturated heterocycles. The van der Waals surface area contributed by atoms with Gasteiger partial charge in [-0.05, 0) is 20.8 Å². The highest BCUT2D eigenvalue weighted by molar-refractivity contribution is 5.85. The molecule has 0 aliphatic heterocycles. The van der Waals surface area contributed by atoms with Crippen molar-refractivity contribution in [1.82, 2.24) is 15.2 Å². The zero-order valence-corrected chi connectivity index (χ0v) is 7.79. The van der Waals surface area contributed by atoms with Crippen LogP contribution in [0.15, 0.2) is 0 Å². The second-order valence-electron chi connectivity index (χ2n) is 3.54. The van der Waals surface area contributed by atoms with E-state index in [1.807, 2.05) is 0 Å². The number of nitrogens with two attached hydrogens (primary N) is 1. The number of carbonyl (C=O) groups is 1. The molecular weight excluding hydrogens is 172 g/mol. The number of hydrogen-bond acceptors (Lipinski definition) is 5. The fourth-order valence-corrected chi connectivity index (χ4v) is 0.692. The summed E-state index contributed by atoms with van der Waals surface area (Å²) in [5.74, 6) is -0.509. The third-order valence-corrected chi connectivity index (χ3v) is 1.09. The lowest BCUT2D eigenvalue weighted by Crippen LogP contribution is -2.24. The topological polar surface area (TPSA) is 93.9 Å². The smallest absolute Gasteiger partial charge is 0.376 e. The Morgan fingerprint density at radius 2 is 2.15 bits per heavy atom. The highest BCUT2D eigenvalue weighted by atomic mass is 16.6. The van der Waals surface area contributed by atoms with E-state index in [4.69, 9.17) is 10.5 Å². The molecule has 0 unspecified atom stereocenters. The van der Waals surface area contributed by atoms with Gasteiger partial charge in [-0.1, -0.05) is 0 Å². The Kier molecular flexibility index (Phi) is 2.22. The largest absolute Gasteiger partial charge is 0.454 e. The minimum absolute atomic E-state index is 0.0208. The molecule has 1 rings (SSSR count). The molecule has 0 fully saturated rings. The van der Waals surface area contributed by atoms with Crippen molar-refractivity contribution < 1.29 is 9.53 Å². The van der Waals surface area contributed by atoms with Crippen LogP contribution in [0.1, 0.15) is 31.4 Å². The quantitative estimate of drug-likeness (QED) is 0.614. The first-order valence-corrected chi connectivity index (χ1v) is 3.80. The van der Waals surface area contributed by atoms with Crippen LogP contribution >= 0.6 is 0 Å². The first-order chi connectivity index (χ1) is 5.88. The van der Waals surface area contributed by atoms with E-state index in [2.05, 4.69) is 15.2 Å². The van der Waals surface area contributed by atoms with Gasteiger partial charge in [-0.2, -0.15) is 4.98 Å². The lowest BCUT2D eigenvalue weighted by molar-refractivity contribution is 0.00562. The fraction of sp³-hybridized carbons (Fsp3) is 0.571. The highest BCUT2D eigenvalue weighted by Gasteiger charge is 2.20. The van der Waals surface area contributed by atoms with E-state index in [0.29, 0.717) is 0 Å². The van der Waals surface area contributed by atoms with Gasteiger partial charge in [-0.3, -0.25) is 5.10 Å². The van der Waals surface area contributed by atoms with Crippen LogP contribution in [-0.4, -0.2) is 26.8 Å². The monoisotopic (exact) mass is 184 g/mol. The second kappa shape index (κ2) is 3.04. The molecular formula is C7H12N4O2. The molecule has 1 aromatic heterocycles. The van der Waals surface area contributed by atoms with Crippen LogP contribution in [0.2, 0.25) is 0 Å². The zero-order valence-electron chi connectivity index (χ0n) is 7.79. The van der Waals surface area contributed by atoms with Gasteiger partial charge in [0.25, 0.3) is 0 Å². The maximum absolute atomic E-state index is 11.3. The first kappa shape index (κ1) is 9.50. The van der Waals surface area contributed by atoms with Crippen molar-refractivity contribution in [2.24, 2.45) is 0 Å². The number of carbonyl (C=O) groups excluding carboxylic acids is 1. The summed E-state index contributed by atoms with van der Waals surface area (Å²) in [6.45, 7) is 5.31. The summed E-state index contributed by atoms with van der Waals surface area (Å²) in [6.07, 6.45) is 0. The van der Waals surface area contributed by atoms with Crippen LogP contribution in [0, 0.1) is 0 Å². The molecule has 6 heteroatoms. The van der Waals surface area contributed by atoms with E-state index in [9.17, 15) is 4.79 Å². The number of anilines is 1. The first-order valence-electron chi connectivity index (χ1n) is 3.80. The summed E-state index contributed by atoms with van der Waals surface area (Å²) in [7, 11) is 0. The maximum atomic E-state index is 11.3. The molecule has 0 saturated carbocycles. The number of nitrogens with one attached hydrogen (secondary N) is 1. The van der Waals surface area contributed by atoms with Crippen molar-refractivity contribution in [2.75, 3.05) is 5.73 Å². The normalized spacial score (nSPS) is 11.3. The second-order valence-corrected chi connectivity index (χ2v) is 3.54. The zero-order chi connectivity index (χ0) is 10.1. The van der Waals surface area contributed by atoms with Crippen LogP contribution in [0.3, 0.4) is 0 Å². The van der Waals surface area contributed by atoms with Gasteiger partial charge in [-0.25, -0.2) is 4.79 Å². The molecule has 3 N–H and O–H groups in total. The van der Waals surface area contributed by atoms with Crippen molar-refractivity contribution in [2.45, 2.75) is 26.4 Å². The third kappa shape index (κ3) is 2.73. The Bertz CT molecular complexity index is 313. The average Bonchev–Trinajstić information content (AvgIpc) is 2.31. The number of H-pyrrole nitrogens is 1. The van der Waals surface area contributed by atoms with Gasteiger partial charge in [0.15, 0.2) is 0 Å². The Balaban J connectivity index is 2.70. The standard InChI is InChI=1S/C7H12N4O2/c1-7(2,3)13-5(12)4-9-6(8)11-10-4/h1-3H3,(H3,8,9,10,11). The number of nitrogen functional groups attached to an aromatic ring is 1. The van der Waals surface area contributed by atoms with Crippen LogP contribution in [-0.2, 0) is 4.74 Å². The van der Waals surface area contributed by atoms with Crippen LogP contribution in [0.25, 0.3) is 0 Å². The van der Waals surface area contributed by atoms with E-state index < -0.39 is 11.6 Å². The Hall–Kier alpha value is -1.59. The Morgan fingerprint density at radius 1 is 1.54 bits per heavy atom. The van der Waals surface area contributed by atoms with Crippen molar-refractivity contribution in [3.63, 3.8) is 0 Å². The highest BCUT2D eigenvalue weighted by Crippen LogP contribution is 2.09. The number of hydrogen-bond donors (Lipinski definition) is 2. The van der Waals surface area contributed by atoms with E-state index >= 15 is 0 Å². The average molecular weight is 184 g/mol. The number of nitrogens with zero attached hydrogens (tertiary/aromatic N) is 2. The van der Waals surface area contributed by atoms with Crippen molar-refractivity contribution in [3.05, 3.63) is 5.82 Å². The summed E-state index contributed by atoms with van der Waals surface area (Å²) in [5.41, 5.74) is 4.68. The number of aromatic nitrogens is 3. The van der Waals surface area contributed by atoms with Crippen molar-refractivity contribution in [1.29, 1.82) is 0 Å². The molecule has 0 radical (unpaired) electrons. The number of esters is 1. The molecule has 6 nitrogen and oxygen atoms in total. The number of rotatable bonds is 1. The van der Waals surface area contributed by atoms with Gasteiger partial charge >= 0.3 is 5.97 Å². The van der Waals surface area contributed by atoms with E-state index in [0.717, 1.165) is 0 Å². The number of aromatic amines is 1. The third-order valence-electron chi connectivity index (χ3n) is 1.09. The van der Waals surface area contributed by atoms with Crippen LogP contribution in [0.5, 0.6) is 0 Å². The molecule has 0 aromatic carbocycles. The van der Waals surface area contributed by atoms with E-state index in [-0.39, 0.29) is 11.8 Å². The van der Waals surface area contributed by atoms with Gasteiger partial charge in [-0.15, -0.1) is 5.10 Å². The van der Waals surface area contributed by atoms with E-state index in [1.165, 1.54) is 0 Å². The predicted octanol–water partition coefficient (Wildman–Crippen LogP) is 0.342. The van der Waals surface area contributed by atoms with E-state index in [1.54, 1.807) is 20.8 Å². The molecule has 0 bridgehead atoms. The van der Waals surface area contributed by atoms with Crippen molar-refractivity contribution >= 4 is 11.9 Å². The fourth-order valence-electron chi connectivity index (χ4n) is 0.692. The maximum Gasteiger partial charge on any atom is 0.376 e. The van der Waals surface area contributed by atoms with Gasteiger partial charge in [0.05, 0.1) is 0 Å². The molecule has 72 valence electrons. The summed E-state index contributed by atoms with van der Waals surface area (Å²) < 4.78 is 5.01. The predicted molar refractivity (Wildman–Crippen MR) is 46.0 cm³/mol. The molecule has 1 heterocycles. The lowest BCUT2D eigenvalue weighted by Gasteiger charge is -2.18. The minimum Gasteiger partial charge on any atom is -0.454 e. The SMILES string of the molecule is CC(C)(C)OC(=O)c1nc(N)n[nH]1. The molecule has 0 aliphatic carbocycles. The van der Waals surface area contributed by atoms with Gasteiger partial charge in [0, 0.05) is 0 Å². The lowest BCUT2D eigenvalue weighted by atomic mass is 10.2. The Morgan fingerprint density at radius 3 is 2.54 bits per heavy atom. The van der Waals surface area contributed by atoms with Crippen LogP contribution < -0.4 is 5.73 Å². The van der Waals surface area contributed by atoms with Crippen molar-refractivity contribution in [3.8, 4) is 0 Å². The van der Waals surface area contributed by atoms with Gasteiger partial charge in [0.2, 0.25) is 11.8 Å². The molecule has 0 amide bonds. The summed E-state index contributed by atoms with van der Waals surface area (Å²) >= 11 is 0. The van der Waals surface area contributed by atoms with Gasteiger partial charge in [0.1, 0.15) is 5.60 Å². The summed E-state index contributed by atoms with van der Waals surface area (Å²) in [5, 5.41) is 5.88. The number of ether oxygens (including phenoxy) is 1. The molecule has 1 aromatic rings. The molecule has 0 atom stereocenters. The summed E-state index contributed by atoms with van der Waals surface area (Å²) in [6, 6.07) is 0. The van der Waals surface area contributed by atoms with Crippen LogP contribution in [0.4, 0.5) is 5.95 Å².